The van der Waals surface area contributed by atoms with Crippen molar-refractivity contribution in [2.24, 2.45) is 0 Å². The van der Waals surface area contributed by atoms with E-state index in [2.05, 4.69) is 4.98 Å². The Morgan fingerprint density at radius 3 is 2.43 bits per heavy atom. The molecule has 0 saturated carbocycles. The van der Waals surface area contributed by atoms with Gasteiger partial charge in [-0.15, -0.1) is 0 Å². The van der Waals surface area contributed by atoms with Gasteiger partial charge in [-0.2, -0.15) is 0 Å². The predicted octanol–water partition coefficient (Wildman–Crippen LogP) is 4.39. The molecule has 0 amide bonds. The lowest BCUT2D eigenvalue weighted by Crippen LogP contribution is -1.99. The van der Waals surface area contributed by atoms with Gasteiger partial charge in [-0.1, -0.05) is 36.4 Å². The molecule has 0 bridgehead atoms. The third kappa shape index (κ3) is 2.04. The van der Waals surface area contributed by atoms with Crippen molar-refractivity contribution in [2.45, 2.75) is 0 Å². The average molecular weight is 303 g/mol. The summed E-state index contributed by atoms with van der Waals surface area (Å²) < 4.78 is 0. The molecule has 0 aliphatic heterocycles. The Labute approximate surface area is 131 Å². The number of hydrogen-bond donors (Lipinski definition) is 3. The molecule has 0 atom stereocenters. The molecule has 0 aliphatic rings. The number of aromatic hydroxyl groups is 1. The summed E-state index contributed by atoms with van der Waals surface area (Å²) in [4.78, 5) is 14.8. The zero-order valence-corrected chi connectivity index (χ0v) is 12.1. The fourth-order valence-corrected chi connectivity index (χ4v) is 3.09. The molecule has 0 spiro atoms. The molecule has 4 aromatic rings. The number of aromatic nitrogens is 1. The van der Waals surface area contributed by atoms with E-state index < -0.39 is 5.97 Å². The minimum Gasteiger partial charge on any atom is -0.508 e. The second-order valence-electron chi connectivity index (χ2n) is 5.44. The van der Waals surface area contributed by atoms with Crippen LogP contribution in [0, 0.1) is 0 Å². The van der Waals surface area contributed by atoms with Crippen molar-refractivity contribution in [3.05, 3.63) is 66.2 Å². The molecule has 3 aromatic carbocycles. The second-order valence-corrected chi connectivity index (χ2v) is 5.44. The Balaban J connectivity index is 2.17. The van der Waals surface area contributed by atoms with Crippen LogP contribution >= 0.6 is 0 Å². The van der Waals surface area contributed by atoms with Crippen molar-refractivity contribution in [3.8, 4) is 16.9 Å². The highest BCUT2D eigenvalue weighted by molar-refractivity contribution is 6.16. The van der Waals surface area contributed by atoms with Crippen molar-refractivity contribution in [3.63, 3.8) is 0 Å². The summed E-state index contributed by atoms with van der Waals surface area (Å²) >= 11 is 0. The van der Waals surface area contributed by atoms with Crippen LogP contribution in [0.25, 0.3) is 32.9 Å². The van der Waals surface area contributed by atoms with Gasteiger partial charge in [0.25, 0.3) is 0 Å². The highest BCUT2D eigenvalue weighted by Crippen LogP contribution is 2.38. The van der Waals surface area contributed by atoms with Crippen LogP contribution in [0.3, 0.4) is 0 Å². The van der Waals surface area contributed by atoms with Crippen LogP contribution in [-0.2, 0) is 0 Å². The Morgan fingerprint density at radius 1 is 0.870 bits per heavy atom. The van der Waals surface area contributed by atoms with E-state index in [1.165, 1.54) is 0 Å². The molecule has 0 aliphatic carbocycles. The van der Waals surface area contributed by atoms with Gasteiger partial charge in [0.05, 0.1) is 11.1 Å². The number of phenols is 1. The summed E-state index contributed by atoms with van der Waals surface area (Å²) in [5.74, 6) is -0.892. The van der Waals surface area contributed by atoms with Gasteiger partial charge in [-0.3, -0.25) is 0 Å². The molecule has 3 N–H and O–H groups in total. The SMILES string of the molecule is O=C(O)c1ccccc1-c1cc(O)cc2[nH]c3ccccc3c12. The predicted molar refractivity (Wildman–Crippen MR) is 89.9 cm³/mol. The lowest BCUT2D eigenvalue weighted by Gasteiger charge is -2.09. The van der Waals surface area contributed by atoms with Gasteiger partial charge in [0.2, 0.25) is 0 Å². The van der Waals surface area contributed by atoms with Crippen LogP contribution in [0.4, 0.5) is 0 Å². The lowest BCUT2D eigenvalue weighted by atomic mass is 9.95. The second kappa shape index (κ2) is 4.88. The molecule has 1 aromatic heterocycles. The molecule has 0 fully saturated rings. The van der Waals surface area contributed by atoms with Crippen molar-refractivity contribution >= 4 is 27.8 Å². The highest BCUT2D eigenvalue weighted by Gasteiger charge is 2.17. The maximum absolute atomic E-state index is 11.5. The fraction of sp³-hybridized carbons (Fsp3) is 0. The maximum atomic E-state index is 11.5. The first-order chi connectivity index (χ1) is 11.1. The van der Waals surface area contributed by atoms with Gasteiger partial charge < -0.3 is 15.2 Å². The first-order valence-electron chi connectivity index (χ1n) is 7.21. The minimum absolute atomic E-state index is 0.0965. The number of rotatable bonds is 2. The molecule has 0 saturated heterocycles. The third-order valence-corrected chi connectivity index (χ3v) is 4.04. The van der Waals surface area contributed by atoms with Crippen LogP contribution in [0.15, 0.2) is 60.7 Å². The standard InChI is InChI=1S/C19H13NO3/c21-11-9-15(12-5-1-2-6-13(12)19(22)23)18-14-7-3-4-8-16(14)20-17(18)10-11/h1-10,20-21H,(H,22,23). The van der Waals surface area contributed by atoms with Crippen LogP contribution in [0.1, 0.15) is 10.4 Å². The number of fused-ring (bicyclic) bond motifs is 3. The molecule has 4 nitrogen and oxygen atoms in total. The summed E-state index contributed by atoms with van der Waals surface area (Å²) in [6.07, 6.45) is 0. The number of nitrogens with one attached hydrogen (secondary N) is 1. The molecule has 0 unspecified atom stereocenters. The topological polar surface area (TPSA) is 73.3 Å². The number of carboxylic acids is 1. The van der Waals surface area contributed by atoms with Crippen LogP contribution in [0.2, 0.25) is 0 Å². The quantitative estimate of drug-likeness (QED) is 0.514. The van der Waals surface area contributed by atoms with E-state index in [9.17, 15) is 15.0 Å². The lowest BCUT2D eigenvalue weighted by molar-refractivity contribution is 0.0697. The summed E-state index contributed by atoms with van der Waals surface area (Å²) in [5.41, 5.74) is 3.23. The smallest absolute Gasteiger partial charge is 0.336 e. The van der Waals surface area contributed by atoms with E-state index >= 15 is 0 Å². The molecule has 4 heteroatoms. The van der Waals surface area contributed by atoms with Gasteiger partial charge in [0, 0.05) is 22.4 Å². The van der Waals surface area contributed by atoms with E-state index in [-0.39, 0.29) is 11.3 Å². The maximum Gasteiger partial charge on any atom is 0.336 e. The first-order valence-corrected chi connectivity index (χ1v) is 7.21. The van der Waals surface area contributed by atoms with Crippen LogP contribution < -0.4 is 0 Å². The van der Waals surface area contributed by atoms with E-state index in [1.54, 1.807) is 36.4 Å². The molecular weight excluding hydrogens is 290 g/mol. The van der Waals surface area contributed by atoms with E-state index in [0.717, 1.165) is 21.8 Å². The molecular formula is C19H13NO3. The number of aromatic carboxylic acids is 1. The average Bonchev–Trinajstić information content (AvgIpc) is 2.92. The monoisotopic (exact) mass is 303 g/mol. The molecule has 0 radical (unpaired) electrons. The van der Waals surface area contributed by atoms with Gasteiger partial charge in [0.15, 0.2) is 0 Å². The zero-order chi connectivity index (χ0) is 16.0. The van der Waals surface area contributed by atoms with Crippen LogP contribution in [-0.4, -0.2) is 21.2 Å². The van der Waals surface area contributed by atoms with Gasteiger partial charge in [-0.25, -0.2) is 4.79 Å². The van der Waals surface area contributed by atoms with Gasteiger partial charge in [-0.05, 0) is 29.3 Å². The number of aromatic amines is 1. The normalized spacial score (nSPS) is 11.1. The number of H-pyrrole nitrogens is 1. The Morgan fingerprint density at radius 2 is 1.61 bits per heavy atom. The molecule has 23 heavy (non-hydrogen) atoms. The number of para-hydroxylation sites is 1. The summed E-state index contributed by atoms with van der Waals surface area (Å²) in [6.45, 7) is 0. The van der Waals surface area contributed by atoms with Gasteiger partial charge in [0.1, 0.15) is 5.75 Å². The summed E-state index contributed by atoms with van der Waals surface area (Å²) in [5, 5.41) is 21.4. The van der Waals surface area contributed by atoms with E-state index in [0.29, 0.717) is 11.1 Å². The Bertz CT molecular complexity index is 1060. The molecule has 112 valence electrons. The first kappa shape index (κ1) is 13.4. The largest absolute Gasteiger partial charge is 0.508 e. The molecule has 1 heterocycles. The summed E-state index contributed by atoms with van der Waals surface area (Å²) in [7, 11) is 0. The van der Waals surface area contributed by atoms with Crippen LogP contribution in [0.5, 0.6) is 5.75 Å². The van der Waals surface area contributed by atoms with Crippen molar-refractivity contribution in [1.82, 2.24) is 4.98 Å². The number of carboxylic acid groups (broad SMARTS) is 1. The number of benzene rings is 3. The Kier molecular flexibility index (Phi) is 2.84. The van der Waals surface area contributed by atoms with Gasteiger partial charge >= 0.3 is 5.97 Å². The number of carbonyl (C=O) groups is 1. The number of phenolic OH excluding ortho intramolecular Hbond substituents is 1. The molecule has 4 rings (SSSR count). The number of hydrogen-bond acceptors (Lipinski definition) is 2. The van der Waals surface area contributed by atoms with Crippen molar-refractivity contribution < 1.29 is 15.0 Å². The zero-order valence-electron chi connectivity index (χ0n) is 12.1. The minimum atomic E-state index is -0.989. The summed E-state index contributed by atoms with van der Waals surface area (Å²) in [6, 6.07) is 17.9. The van der Waals surface area contributed by atoms with Crippen molar-refractivity contribution in [1.29, 1.82) is 0 Å². The highest BCUT2D eigenvalue weighted by atomic mass is 16.4. The van der Waals surface area contributed by atoms with Crippen molar-refractivity contribution in [2.75, 3.05) is 0 Å². The van der Waals surface area contributed by atoms with E-state index in [4.69, 9.17) is 0 Å². The third-order valence-electron chi connectivity index (χ3n) is 4.04. The van der Waals surface area contributed by atoms with E-state index in [1.807, 2.05) is 24.3 Å². The Hall–Kier alpha value is -3.27. The fourth-order valence-electron chi connectivity index (χ4n) is 3.09.